The molecule has 0 aliphatic carbocycles. The highest BCUT2D eigenvalue weighted by Gasteiger charge is 2.12. The Morgan fingerprint density at radius 3 is 2.33 bits per heavy atom. The molecule has 0 aliphatic heterocycles. The number of aryl methyl sites for hydroxylation is 1. The minimum atomic E-state index is -0.396. The lowest BCUT2D eigenvalue weighted by Gasteiger charge is -2.15. The summed E-state index contributed by atoms with van der Waals surface area (Å²) in [5.74, 6) is 1.57. The standard InChI is InChI=1S/C13H20FNO2.ClH/c1-9-6-13(17-3)10(8-12(9)16-2)7-11(15)4-5-14;/h6,8,11H,4-5,7,15H2,1-3H3;1H. The van der Waals surface area contributed by atoms with Gasteiger partial charge < -0.3 is 15.2 Å². The lowest BCUT2D eigenvalue weighted by atomic mass is 10.0. The van der Waals surface area contributed by atoms with Crippen molar-refractivity contribution in [3.8, 4) is 11.5 Å². The van der Waals surface area contributed by atoms with Gasteiger partial charge in [-0.1, -0.05) is 0 Å². The normalized spacial score (nSPS) is 11.6. The van der Waals surface area contributed by atoms with Gasteiger partial charge in [-0.2, -0.15) is 0 Å². The van der Waals surface area contributed by atoms with Crippen LogP contribution >= 0.6 is 12.4 Å². The van der Waals surface area contributed by atoms with E-state index in [0.717, 1.165) is 22.6 Å². The summed E-state index contributed by atoms with van der Waals surface area (Å²) in [6, 6.07) is 3.63. The van der Waals surface area contributed by atoms with Crippen LogP contribution in [0.1, 0.15) is 17.5 Å². The fraction of sp³-hybridized carbons (Fsp3) is 0.538. The number of halogens is 2. The SMILES string of the molecule is COc1cc(CC(N)CCF)c(OC)cc1C.Cl. The van der Waals surface area contributed by atoms with Crippen LogP contribution in [-0.2, 0) is 6.42 Å². The molecule has 0 radical (unpaired) electrons. The van der Waals surface area contributed by atoms with Gasteiger partial charge in [0.2, 0.25) is 0 Å². The van der Waals surface area contributed by atoms with E-state index in [4.69, 9.17) is 15.2 Å². The van der Waals surface area contributed by atoms with Crippen LogP contribution in [0, 0.1) is 6.92 Å². The average Bonchev–Trinajstić information content (AvgIpc) is 2.31. The van der Waals surface area contributed by atoms with Crippen LogP contribution in [-0.4, -0.2) is 26.9 Å². The number of hydrogen-bond donors (Lipinski definition) is 1. The first-order valence-electron chi connectivity index (χ1n) is 5.65. The Hall–Kier alpha value is -1.00. The number of hydrogen-bond acceptors (Lipinski definition) is 3. The summed E-state index contributed by atoms with van der Waals surface area (Å²) in [5, 5.41) is 0. The summed E-state index contributed by atoms with van der Waals surface area (Å²) in [5.41, 5.74) is 7.79. The van der Waals surface area contributed by atoms with Crippen molar-refractivity contribution < 1.29 is 13.9 Å². The number of benzene rings is 1. The Labute approximate surface area is 114 Å². The first-order chi connectivity index (χ1) is 8.12. The molecule has 0 saturated heterocycles. The van der Waals surface area contributed by atoms with Crippen molar-refractivity contribution >= 4 is 12.4 Å². The molecule has 0 spiro atoms. The molecule has 1 aromatic rings. The zero-order valence-corrected chi connectivity index (χ0v) is 11.8. The summed E-state index contributed by atoms with van der Waals surface area (Å²) in [6.45, 7) is 1.55. The molecule has 3 nitrogen and oxygen atoms in total. The van der Waals surface area contributed by atoms with Gasteiger partial charge in [-0.3, -0.25) is 4.39 Å². The Bertz CT molecular complexity index is 374. The molecule has 0 saturated carbocycles. The van der Waals surface area contributed by atoms with Gasteiger partial charge in [0, 0.05) is 6.04 Å². The van der Waals surface area contributed by atoms with Crippen molar-refractivity contribution in [1.82, 2.24) is 0 Å². The van der Waals surface area contributed by atoms with E-state index in [2.05, 4.69) is 0 Å². The number of ether oxygens (including phenoxy) is 2. The van der Waals surface area contributed by atoms with E-state index in [-0.39, 0.29) is 18.4 Å². The molecule has 5 heteroatoms. The molecule has 0 aromatic heterocycles. The zero-order valence-electron chi connectivity index (χ0n) is 11.0. The summed E-state index contributed by atoms with van der Waals surface area (Å²) < 4.78 is 22.8. The summed E-state index contributed by atoms with van der Waals surface area (Å²) in [7, 11) is 3.24. The van der Waals surface area contributed by atoms with Crippen molar-refractivity contribution in [3.63, 3.8) is 0 Å². The summed E-state index contributed by atoms with van der Waals surface area (Å²) >= 11 is 0. The molecule has 0 aliphatic rings. The van der Waals surface area contributed by atoms with Gasteiger partial charge in [-0.15, -0.1) is 12.4 Å². The molecule has 1 atom stereocenters. The number of rotatable bonds is 6. The first kappa shape index (κ1) is 17.0. The molecule has 0 fully saturated rings. The largest absolute Gasteiger partial charge is 0.496 e. The maximum absolute atomic E-state index is 12.2. The van der Waals surface area contributed by atoms with Crippen LogP contribution in [0.5, 0.6) is 11.5 Å². The first-order valence-corrected chi connectivity index (χ1v) is 5.65. The van der Waals surface area contributed by atoms with E-state index < -0.39 is 6.67 Å². The quantitative estimate of drug-likeness (QED) is 0.869. The van der Waals surface area contributed by atoms with Crippen LogP contribution in [0.2, 0.25) is 0 Å². The van der Waals surface area contributed by atoms with Crippen molar-refractivity contribution in [2.75, 3.05) is 20.9 Å². The van der Waals surface area contributed by atoms with E-state index in [1.807, 2.05) is 19.1 Å². The predicted molar refractivity (Wildman–Crippen MR) is 73.8 cm³/mol. The average molecular weight is 278 g/mol. The van der Waals surface area contributed by atoms with Crippen molar-refractivity contribution in [1.29, 1.82) is 0 Å². The monoisotopic (exact) mass is 277 g/mol. The highest BCUT2D eigenvalue weighted by molar-refractivity contribution is 5.85. The third-order valence-electron chi connectivity index (χ3n) is 2.76. The number of alkyl halides is 1. The molecular weight excluding hydrogens is 257 g/mol. The number of methoxy groups -OCH3 is 2. The van der Waals surface area contributed by atoms with Gasteiger partial charge >= 0.3 is 0 Å². The minimum Gasteiger partial charge on any atom is -0.496 e. The van der Waals surface area contributed by atoms with Gasteiger partial charge in [0.25, 0.3) is 0 Å². The molecule has 18 heavy (non-hydrogen) atoms. The van der Waals surface area contributed by atoms with E-state index in [0.29, 0.717) is 12.8 Å². The van der Waals surface area contributed by atoms with E-state index in [9.17, 15) is 4.39 Å². The van der Waals surface area contributed by atoms with Crippen LogP contribution in [0.25, 0.3) is 0 Å². The van der Waals surface area contributed by atoms with E-state index in [1.165, 1.54) is 0 Å². The van der Waals surface area contributed by atoms with Crippen LogP contribution in [0.15, 0.2) is 12.1 Å². The topological polar surface area (TPSA) is 44.5 Å². The zero-order chi connectivity index (χ0) is 12.8. The van der Waals surface area contributed by atoms with Crippen LogP contribution < -0.4 is 15.2 Å². The van der Waals surface area contributed by atoms with Crippen molar-refractivity contribution in [2.45, 2.75) is 25.8 Å². The van der Waals surface area contributed by atoms with Gasteiger partial charge in [-0.25, -0.2) is 0 Å². The second kappa shape index (κ2) is 8.16. The third-order valence-corrected chi connectivity index (χ3v) is 2.76. The van der Waals surface area contributed by atoms with Gasteiger partial charge in [-0.05, 0) is 43.0 Å². The molecule has 0 heterocycles. The molecule has 1 unspecified atom stereocenters. The van der Waals surface area contributed by atoms with E-state index in [1.54, 1.807) is 14.2 Å². The second-order valence-corrected chi connectivity index (χ2v) is 4.08. The highest BCUT2D eigenvalue weighted by atomic mass is 35.5. The predicted octanol–water partition coefficient (Wildman–Crippen LogP) is 2.66. The van der Waals surface area contributed by atoms with Gasteiger partial charge in [0.15, 0.2) is 0 Å². The van der Waals surface area contributed by atoms with Crippen LogP contribution in [0.3, 0.4) is 0 Å². The maximum atomic E-state index is 12.2. The van der Waals surface area contributed by atoms with Crippen molar-refractivity contribution in [3.05, 3.63) is 23.3 Å². The Kier molecular flexibility index (Phi) is 7.71. The molecule has 0 amide bonds. The molecule has 1 aromatic carbocycles. The Morgan fingerprint density at radius 1 is 1.22 bits per heavy atom. The number of nitrogens with two attached hydrogens (primary N) is 1. The maximum Gasteiger partial charge on any atom is 0.122 e. The molecule has 0 bridgehead atoms. The fourth-order valence-corrected chi connectivity index (χ4v) is 1.80. The Balaban J connectivity index is 0.00000289. The third kappa shape index (κ3) is 4.35. The minimum absolute atomic E-state index is 0. The molecule has 1 rings (SSSR count). The summed E-state index contributed by atoms with van der Waals surface area (Å²) in [4.78, 5) is 0. The highest BCUT2D eigenvalue weighted by Crippen LogP contribution is 2.29. The molecule has 104 valence electrons. The lowest BCUT2D eigenvalue weighted by molar-refractivity contribution is 0.391. The summed E-state index contributed by atoms with van der Waals surface area (Å²) in [6.07, 6.45) is 0.947. The molecular formula is C13H21ClFNO2. The lowest BCUT2D eigenvalue weighted by Crippen LogP contribution is -2.23. The molecule has 2 N–H and O–H groups in total. The second-order valence-electron chi connectivity index (χ2n) is 4.08. The Morgan fingerprint density at radius 2 is 1.83 bits per heavy atom. The van der Waals surface area contributed by atoms with Crippen LogP contribution in [0.4, 0.5) is 4.39 Å². The smallest absolute Gasteiger partial charge is 0.122 e. The van der Waals surface area contributed by atoms with Gasteiger partial charge in [0.1, 0.15) is 11.5 Å². The fourth-order valence-electron chi connectivity index (χ4n) is 1.80. The van der Waals surface area contributed by atoms with E-state index >= 15 is 0 Å². The van der Waals surface area contributed by atoms with Gasteiger partial charge in [0.05, 0.1) is 20.9 Å². The van der Waals surface area contributed by atoms with Crippen molar-refractivity contribution in [2.24, 2.45) is 5.73 Å².